The van der Waals surface area contributed by atoms with E-state index < -0.39 is 0 Å². The Bertz CT molecular complexity index is 557. The zero-order valence-corrected chi connectivity index (χ0v) is 11.5. The van der Waals surface area contributed by atoms with E-state index in [1.165, 1.54) is 37.1 Å². The van der Waals surface area contributed by atoms with Crippen LogP contribution in [0, 0.1) is 0 Å². The van der Waals surface area contributed by atoms with Crippen molar-refractivity contribution in [2.75, 3.05) is 18.0 Å². The molecule has 3 rings (SSSR count). The van der Waals surface area contributed by atoms with E-state index in [4.69, 9.17) is 0 Å². The van der Waals surface area contributed by atoms with Crippen molar-refractivity contribution in [1.29, 1.82) is 0 Å². The van der Waals surface area contributed by atoms with Gasteiger partial charge in [-0.05, 0) is 51.8 Å². The molecule has 3 nitrogen and oxygen atoms in total. The van der Waals surface area contributed by atoms with Gasteiger partial charge in [0.2, 0.25) is 0 Å². The zero-order valence-electron chi connectivity index (χ0n) is 11.5. The Morgan fingerprint density at radius 2 is 1.83 bits per heavy atom. The van der Waals surface area contributed by atoms with Gasteiger partial charge in [0, 0.05) is 24.3 Å². The van der Waals surface area contributed by atoms with Crippen LogP contribution in [0.25, 0.3) is 11.0 Å². The van der Waals surface area contributed by atoms with Crippen LogP contribution in [-0.2, 0) is 5.54 Å². The van der Waals surface area contributed by atoms with Gasteiger partial charge in [0.1, 0.15) is 0 Å². The summed E-state index contributed by atoms with van der Waals surface area (Å²) in [5.41, 5.74) is 3.74. The molecule has 2 aromatic rings. The molecular weight excluding hydrogens is 222 g/mol. The summed E-state index contributed by atoms with van der Waals surface area (Å²) in [7, 11) is 0. The SMILES string of the molecule is CC(C)(C)n1cnc2cc(N3CCCC3)ccc21. The van der Waals surface area contributed by atoms with Crippen molar-refractivity contribution in [3.63, 3.8) is 0 Å². The Labute approximate surface area is 108 Å². The Kier molecular flexibility index (Phi) is 2.58. The van der Waals surface area contributed by atoms with Gasteiger partial charge >= 0.3 is 0 Å². The predicted molar refractivity (Wildman–Crippen MR) is 76.2 cm³/mol. The molecule has 0 spiro atoms. The van der Waals surface area contributed by atoms with Gasteiger partial charge in [-0.25, -0.2) is 4.98 Å². The van der Waals surface area contributed by atoms with E-state index >= 15 is 0 Å². The maximum atomic E-state index is 4.55. The molecule has 1 aromatic heterocycles. The van der Waals surface area contributed by atoms with Crippen molar-refractivity contribution in [1.82, 2.24) is 9.55 Å². The standard InChI is InChI=1S/C15H21N3/c1-15(2,3)18-11-16-13-10-12(6-7-14(13)18)17-8-4-5-9-17/h6-7,10-11H,4-5,8-9H2,1-3H3. The number of hydrogen-bond acceptors (Lipinski definition) is 2. The highest BCUT2D eigenvalue weighted by Crippen LogP contribution is 2.27. The number of anilines is 1. The fourth-order valence-corrected chi connectivity index (χ4v) is 2.71. The monoisotopic (exact) mass is 243 g/mol. The lowest BCUT2D eigenvalue weighted by Crippen LogP contribution is -2.20. The second kappa shape index (κ2) is 4.01. The third kappa shape index (κ3) is 1.88. The largest absolute Gasteiger partial charge is 0.371 e. The summed E-state index contributed by atoms with van der Waals surface area (Å²) in [6.07, 6.45) is 4.58. The zero-order chi connectivity index (χ0) is 12.8. The Morgan fingerprint density at radius 3 is 2.50 bits per heavy atom. The average molecular weight is 243 g/mol. The van der Waals surface area contributed by atoms with Crippen molar-refractivity contribution >= 4 is 16.7 Å². The quantitative estimate of drug-likeness (QED) is 0.765. The van der Waals surface area contributed by atoms with Crippen LogP contribution >= 0.6 is 0 Å². The molecule has 0 atom stereocenters. The molecule has 18 heavy (non-hydrogen) atoms. The molecule has 1 saturated heterocycles. The Hall–Kier alpha value is -1.51. The van der Waals surface area contributed by atoms with Gasteiger partial charge in [-0.15, -0.1) is 0 Å². The van der Waals surface area contributed by atoms with E-state index in [0.717, 1.165) is 5.52 Å². The van der Waals surface area contributed by atoms with E-state index in [1.807, 2.05) is 6.33 Å². The summed E-state index contributed by atoms with van der Waals surface area (Å²) >= 11 is 0. The van der Waals surface area contributed by atoms with E-state index in [1.54, 1.807) is 0 Å². The van der Waals surface area contributed by atoms with Gasteiger partial charge in [-0.2, -0.15) is 0 Å². The molecule has 0 N–H and O–H groups in total. The third-order valence-corrected chi connectivity index (χ3v) is 3.72. The summed E-state index contributed by atoms with van der Waals surface area (Å²) < 4.78 is 2.25. The number of fused-ring (bicyclic) bond motifs is 1. The van der Waals surface area contributed by atoms with E-state index in [9.17, 15) is 0 Å². The van der Waals surface area contributed by atoms with Crippen molar-refractivity contribution in [3.05, 3.63) is 24.5 Å². The van der Waals surface area contributed by atoms with Gasteiger partial charge in [0.05, 0.1) is 17.4 Å². The molecule has 0 bridgehead atoms. The molecule has 0 aliphatic carbocycles. The molecule has 1 aliphatic heterocycles. The number of aromatic nitrogens is 2. The second-order valence-electron chi connectivity index (χ2n) is 6.15. The molecule has 0 amide bonds. The smallest absolute Gasteiger partial charge is 0.0963 e. The summed E-state index contributed by atoms with van der Waals surface area (Å²) in [5.74, 6) is 0. The number of imidazole rings is 1. The summed E-state index contributed by atoms with van der Waals surface area (Å²) in [5, 5.41) is 0. The van der Waals surface area contributed by atoms with E-state index in [0.29, 0.717) is 0 Å². The van der Waals surface area contributed by atoms with Crippen LogP contribution in [0.3, 0.4) is 0 Å². The lowest BCUT2D eigenvalue weighted by Gasteiger charge is -2.22. The first kappa shape index (κ1) is 11.6. The molecule has 0 saturated carbocycles. The first-order valence-electron chi connectivity index (χ1n) is 6.78. The van der Waals surface area contributed by atoms with Gasteiger partial charge in [-0.1, -0.05) is 0 Å². The van der Waals surface area contributed by atoms with Gasteiger partial charge < -0.3 is 9.47 Å². The first-order chi connectivity index (χ1) is 8.55. The molecule has 3 heteroatoms. The van der Waals surface area contributed by atoms with Gasteiger partial charge in [-0.3, -0.25) is 0 Å². The topological polar surface area (TPSA) is 21.1 Å². The number of rotatable bonds is 1. The van der Waals surface area contributed by atoms with Crippen LogP contribution in [0.15, 0.2) is 24.5 Å². The number of hydrogen-bond donors (Lipinski definition) is 0. The molecule has 0 unspecified atom stereocenters. The maximum absolute atomic E-state index is 4.55. The highest BCUT2D eigenvalue weighted by Gasteiger charge is 2.17. The third-order valence-electron chi connectivity index (χ3n) is 3.72. The Balaban J connectivity index is 2.04. The Morgan fingerprint density at radius 1 is 1.11 bits per heavy atom. The summed E-state index contributed by atoms with van der Waals surface area (Å²) in [6.45, 7) is 9.00. The number of nitrogens with zero attached hydrogens (tertiary/aromatic N) is 3. The van der Waals surface area contributed by atoms with Crippen LogP contribution in [0.4, 0.5) is 5.69 Å². The fourth-order valence-electron chi connectivity index (χ4n) is 2.71. The van der Waals surface area contributed by atoms with Crippen molar-refractivity contribution in [2.45, 2.75) is 39.2 Å². The maximum Gasteiger partial charge on any atom is 0.0963 e. The lowest BCUT2D eigenvalue weighted by atomic mass is 10.1. The normalized spacial score (nSPS) is 16.7. The van der Waals surface area contributed by atoms with E-state index in [-0.39, 0.29) is 5.54 Å². The molecular formula is C15H21N3. The van der Waals surface area contributed by atoms with Crippen LogP contribution in [0.2, 0.25) is 0 Å². The van der Waals surface area contributed by atoms with Gasteiger partial charge in [0.25, 0.3) is 0 Å². The second-order valence-corrected chi connectivity index (χ2v) is 6.15. The summed E-state index contributed by atoms with van der Waals surface area (Å²) in [6, 6.07) is 6.67. The first-order valence-corrected chi connectivity index (χ1v) is 6.78. The highest BCUT2D eigenvalue weighted by molar-refractivity contribution is 5.80. The highest BCUT2D eigenvalue weighted by atomic mass is 15.1. The fraction of sp³-hybridized carbons (Fsp3) is 0.533. The minimum atomic E-state index is 0.0872. The van der Waals surface area contributed by atoms with Crippen LogP contribution in [0.1, 0.15) is 33.6 Å². The van der Waals surface area contributed by atoms with Crippen molar-refractivity contribution in [2.24, 2.45) is 0 Å². The molecule has 1 fully saturated rings. The predicted octanol–water partition coefficient (Wildman–Crippen LogP) is 3.39. The molecule has 96 valence electrons. The van der Waals surface area contributed by atoms with Crippen LogP contribution in [-0.4, -0.2) is 22.6 Å². The minimum Gasteiger partial charge on any atom is -0.371 e. The van der Waals surface area contributed by atoms with Gasteiger partial charge in [0.15, 0.2) is 0 Å². The lowest BCUT2D eigenvalue weighted by molar-refractivity contribution is 0.408. The summed E-state index contributed by atoms with van der Waals surface area (Å²) in [4.78, 5) is 7.01. The average Bonchev–Trinajstić information content (AvgIpc) is 2.96. The minimum absolute atomic E-state index is 0.0872. The molecule has 1 aliphatic rings. The molecule has 1 aromatic carbocycles. The number of benzene rings is 1. The van der Waals surface area contributed by atoms with E-state index in [2.05, 4.69) is 53.4 Å². The van der Waals surface area contributed by atoms with Crippen molar-refractivity contribution in [3.8, 4) is 0 Å². The molecule has 0 radical (unpaired) electrons. The molecule has 2 heterocycles. The van der Waals surface area contributed by atoms with Crippen LogP contribution < -0.4 is 4.90 Å². The van der Waals surface area contributed by atoms with Crippen LogP contribution in [0.5, 0.6) is 0 Å². The van der Waals surface area contributed by atoms with Crippen molar-refractivity contribution < 1.29 is 0 Å².